The lowest BCUT2D eigenvalue weighted by Gasteiger charge is -2.14. The first kappa shape index (κ1) is 13.4. The summed E-state index contributed by atoms with van der Waals surface area (Å²) in [6, 6.07) is 10.2. The zero-order chi connectivity index (χ0) is 14.8. The maximum absolute atomic E-state index is 5.64. The summed E-state index contributed by atoms with van der Waals surface area (Å²) in [5.41, 5.74) is 3.09. The molecule has 3 rings (SSSR count). The Labute approximate surface area is 122 Å². The van der Waals surface area contributed by atoms with E-state index in [1.54, 1.807) is 11.0 Å². The highest BCUT2D eigenvalue weighted by molar-refractivity contribution is 5.54. The molecule has 0 saturated heterocycles. The Hall–Kier alpha value is -2.63. The number of furan rings is 1. The van der Waals surface area contributed by atoms with E-state index < -0.39 is 0 Å². The van der Waals surface area contributed by atoms with Crippen molar-refractivity contribution in [3.05, 3.63) is 53.7 Å². The van der Waals surface area contributed by atoms with Crippen molar-refractivity contribution in [1.82, 2.24) is 20.2 Å². The van der Waals surface area contributed by atoms with E-state index in [0.29, 0.717) is 0 Å². The van der Waals surface area contributed by atoms with Crippen molar-refractivity contribution in [3.63, 3.8) is 0 Å². The van der Waals surface area contributed by atoms with E-state index in [0.717, 1.165) is 28.5 Å². The minimum Gasteiger partial charge on any atom is -0.464 e. The topological polar surface area (TPSA) is 68.8 Å². The van der Waals surface area contributed by atoms with Crippen molar-refractivity contribution in [1.29, 1.82) is 0 Å². The zero-order valence-electron chi connectivity index (χ0n) is 12.2. The van der Waals surface area contributed by atoms with Crippen LogP contribution in [0.5, 0.6) is 0 Å². The van der Waals surface area contributed by atoms with E-state index in [4.69, 9.17) is 4.42 Å². The SMILES string of the molecule is Cc1ccc(C(C)Nc2ccc(-n3cnnn3)c(C)c2)o1. The van der Waals surface area contributed by atoms with Crippen LogP contribution in [0.2, 0.25) is 0 Å². The monoisotopic (exact) mass is 283 g/mol. The van der Waals surface area contributed by atoms with Crippen LogP contribution in [0.25, 0.3) is 5.69 Å². The highest BCUT2D eigenvalue weighted by atomic mass is 16.3. The molecule has 6 nitrogen and oxygen atoms in total. The first-order valence-corrected chi connectivity index (χ1v) is 6.80. The van der Waals surface area contributed by atoms with Gasteiger partial charge in [0.15, 0.2) is 0 Å². The number of anilines is 1. The Kier molecular flexibility index (Phi) is 3.43. The average Bonchev–Trinajstić information content (AvgIpc) is 3.10. The minimum atomic E-state index is 0.108. The molecule has 1 aromatic carbocycles. The fourth-order valence-electron chi connectivity index (χ4n) is 2.28. The van der Waals surface area contributed by atoms with Crippen molar-refractivity contribution in [2.24, 2.45) is 0 Å². The second-order valence-corrected chi connectivity index (χ2v) is 5.07. The molecule has 108 valence electrons. The lowest BCUT2D eigenvalue weighted by molar-refractivity contribution is 0.467. The van der Waals surface area contributed by atoms with Crippen LogP contribution >= 0.6 is 0 Å². The van der Waals surface area contributed by atoms with Crippen LogP contribution in [0.1, 0.15) is 30.0 Å². The van der Waals surface area contributed by atoms with Gasteiger partial charge < -0.3 is 9.73 Å². The zero-order valence-corrected chi connectivity index (χ0v) is 12.2. The molecule has 0 aliphatic carbocycles. The Balaban J connectivity index is 1.79. The summed E-state index contributed by atoms with van der Waals surface area (Å²) in [4.78, 5) is 0. The average molecular weight is 283 g/mol. The van der Waals surface area contributed by atoms with E-state index in [1.807, 2.05) is 38.1 Å². The Morgan fingerprint density at radius 3 is 2.67 bits per heavy atom. The lowest BCUT2D eigenvalue weighted by atomic mass is 10.1. The predicted molar refractivity (Wildman–Crippen MR) is 79.4 cm³/mol. The number of rotatable bonds is 4. The first-order chi connectivity index (χ1) is 10.1. The molecular formula is C15H17N5O. The molecule has 6 heteroatoms. The Morgan fingerprint density at radius 1 is 1.19 bits per heavy atom. The van der Waals surface area contributed by atoms with Crippen LogP contribution in [-0.4, -0.2) is 20.2 Å². The number of hydrogen-bond acceptors (Lipinski definition) is 5. The summed E-state index contributed by atoms with van der Waals surface area (Å²) in [6.45, 7) is 6.05. The van der Waals surface area contributed by atoms with Crippen molar-refractivity contribution in [2.45, 2.75) is 26.8 Å². The van der Waals surface area contributed by atoms with Crippen LogP contribution in [0.4, 0.5) is 5.69 Å². The highest BCUT2D eigenvalue weighted by Gasteiger charge is 2.10. The smallest absolute Gasteiger partial charge is 0.143 e. The third-order valence-corrected chi connectivity index (χ3v) is 3.36. The molecule has 1 unspecified atom stereocenters. The van der Waals surface area contributed by atoms with Crippen LogP contribution in [0.15, 0.2) is 41.1 Å². The molecule has 3 aromatic rings. The lowest BCUT2D eigenvalue weighted by Crippen LogP contribution is -2.06. The van der Waals surface area contributed by atoms with Crippen LogP contribution in [0, 0.1) is 13.8 Å². The van der Waals surface area contributed by atoms with E-state index in [2.05, 4.69) is 33.8 Å². The van der Waals surface area contributed by atoms with Gasteiger partial charge in [0.2, 0.25) is 0 Å². The molecule has 0 amide bonds. The predicted octanol–water partition coefficient (Wildman–Crippen LogP) is 3.05. The van der Waals surface area contributed by atoms with E-state index in [9.17, 15) is 0 Å². The quantitative estimate of drug-likeness (QED) is 0.797. The third-order valence-electron chi connectivity index (χ3n) is 3.36. The fourth-order valence-corrected chi connectivity index (χ4v) is 2.28. The molecular weight excluding hydrogens is 266 g/mol. The molecule has 0 saturated carbocycles. The van der Waals surface area contributed by atoms with Crippen LogP contribution < -0.4 is 5.32 Å². The molecule has 0 bridgehead atoms. The molecule has 0 radical (unpaired) electrons. The standard InChI is InChI=1S/C15H17N5O/c1-10-8-13(5-6-14(10)20-9-16-18-19-20)17-12(3)15-7-4-11(2)21-15/h4-9,12,17H,1-3H3. The first-order valence-electron chi connectivity index (χ1n) is 6.80. The maximum Gasteiger partial charge on any atom is 0.143 e. The van der Waals surface area contributed by atoms with Crippen molar-refractivity contribution in [3.8, 4) is 5.69 Å². The van der Waals surface area contributed by atoms with Crippen molar-refractivity contribution < 1.29 is 4.42 Å². The van der Waals surface area contributed by atoms with Gasteiger partial charge in [-0.15, -0.1) is 5.10 Å². The molecule has 0 fully saturated rings. The van der Waals surface area contributed by atoms with Gasteiger partial charge >= 0.3 is 0 Å². The molecule has 2 heterocycles. The van der Waals surface area contributed by atoms with Gasteiger partial charge in [0.25, 0.3) is 0 Å². The van der Waals surface area contributed by atoms with Gasteiger partial charge in [0.05, 0.1) is 11.7 Å². The summed E-state index contributed by atoms with van der Waals surface area (Å²) < 4.78 is 7.29. The largest absolute Gasteiger partial charge is 0.464 e. The number of hydrogen-bond donors (Lipinski definition) is 1. The van der Waals surface area contributed by atoms with Gasteiger partial charge in [-0.3, -0.25) is 0 Å². The highest BCUT2D eigenvalue weighted by Crippen LogP contribution is 2.23. The number of nitrogens with zero attached hydrogens (tertiary/aromatic N) is 4. The third kappa shape index (κ3) is 2.79. The van der Waals surface area contributed by atoms with Gasteiger partial charge in [0, 0.05) is 5.69 Å². The maximum atomic E-state index is 5.64. The summed E-state index contributed by atoms with van der Waals surface area (Å²) >= 11 is 0. The van der Waals surface area contributed by atoms with E-state index >= 15 is 0 Å². The van der Waals surface area contributed by atoms with Gasteiger partial charge in [-0.1, -0.05) is 0 Å². The number of tetrazole rings is 1. The molecule has 1 atom stereocenters. The Bertz CT molecular complexity index is 732. The second kappa shape index (κ2) is 5.40. The second-order valence-electron chi connectivity index (χ2n) is 5.07. The van der Waals surface area contributed by atoms with E-state index in [1.165, 1.54) is 0 Å². The fraction of sp³-hybridized carbons (Fsp3) is 0.267. The van der Waals surface area contributed by atoms with Gasteiger partial charge in [-0.2, -0.15) is 0 Å². The number of nitrogens with one attached hydrogen (secondary N) is 1. The summed E-state index contributed by atoms with van der Waals surface area (Å²) in [6.07, 6.45) is 1.59. The van der Waals surface area contributed by atoms with Gasteiger partial charge in [0.1, 0.15) is 17.8 Å². The van der Waals surface area contributed by atoms with E-state index in [-0.39, 0.29) is 6.04 Å². The Morgan fingerprint density at radius 2 is 2.05 bits per heavy atom. The molecule has 0 aliphatic heterocycles. The van der Waals surface area contributed by atoms with Gasteiger partial charge in [-0.25, -0.2) is 4.68 Å². The normalized spacial score (nSPS) is 12.3. The summed E-state index contributed by atoms with van der Waals surface area (Å²) in [5.74, 6) is 1.85. The summed E-state index contributed by atoms with van der Waals surface area (Å²) in [7, 11) is 0. The molecule has 21 heavy (non-hydrogen) atoms. The molecule has 0 spiro atoms. The number of benzene rings is 1. The minimum absolute atomic E-state index is 0.108. The van der Waals surface area contributed by atoms with Crippen LogP contribution in [0.3, 0.4) is 0 Å². The van der Waals surface area contributed by atoms with Crippen molar-refractivity contribution in [2.75, 3.05) is 5.32 Å². The van der Waals surface area contributed by atoms with Gasteiger partial charge in [-0.05, 0) is 67.1 Å². The van der Waals surface area contributed by atoms with Crippen molar-refractivity contribution >= 4 is 5.69 Å². The summed E-state index contributed by atoms with van der Waals surface area (Å²) in [5, 5.41) is 14.7. The van der Waals surface area contributed by atoms with Crippen LogP contribution in [-0.2, 0) is 0 Å². The molecule has 2 aromatic heterocycles. The number of aryl methyl sites for hydroxylation is 2. The molecule has 1 N–H and O–H groups in total. The molecule has 0 aliphatic rings. The number of aromatic nitrogens is 4.